The van der Waals surface area contributed by atoms with E-state index in [1.807, 2.05) is 0 Å². The normalized spacial score (nSPS) is 12.9. The SMILES string of the molecule is CCNC(c1ccc(OC)c(C)c1)C(C)C. The minimum atomic E-state index is 0.426. The van der Waals surface area contributed by atoms with Crippen LogP contribution < -0.4 is 10.1 Å². The Morgan fingerprint density at radius 1 is 1.31 bits per heavy atom. The fourth-order valence-corrected chi connectivity index (χ4v) is 2.05. The second-order valence-corrected chi connectivity index (χ2v) is 4.51. The maximum Gasteiger partial charge on any atom is 0.121 e. The van der Waals surface area contributed by atoms with Gasteiger partial charge in [0, 0.05) is 6.04 Å². The minimum Gasteiger partial charge on any atom is -0.496 e. The smallest absolute Gasteiger partial charge is 0.121 e. The van der Waals surface area contributed by atoms with Gasteiger partial charge in [0.2, 0.25) is 0 Å². The molecular weight excluding hydrogens is 198 g/mol. The number of methoxy groups -OCH3 is 1. The Labute approximate surface area is 99.0 Å². The van der Waals surface area contributed by atoms with E-state index in [1.54, 1.807) is 7.11 Å². The molecule has 0 heterocycles. The van der Waals surface area contributed by atoms with Gasteiger partial charge in [-0.05, 0) is 36.6 Å². The van der Waals surface area contributed by atoms with Crippen LogP contribution in [0.1, 0.15) is 37.9 Å². The molecule has 0 fully saturated rings. The standard InChI is InChI=1S/C14H23NO/c1-6-15-14(10(2)3)12-7-8-13(16-5)11(4)9-12/h7-10,14-15H,6H2,1-5H3. The molecule has 1 N–H and O–H groups in total. The van der Waals surface area contributed by atoms with Gasteiger partial charge in [0.05, 0.1) is 7.11 Å². The van der Waals surface area contributed by atoms with E-state index in [9.17, 15) is 0 Å². The van der Waals surface area contributed by atoms with Crippen LogP contribution in [0.25, 0.3) is 0 Å². The van der Waals surface area contributed by atoms with Crippen LogP contribution in [-0.4, -0.2) is 13.7 Å². The summed E-state index contributed by atoms with van der Waals surface area (Å²) in [6, 6.07) is 6.84. The molecule has 0 aliphatic heterocycles. The highest BCUT2D eigenvalue weighted by atomic mass is 16.5. The molecule has 1 rings (SSSR count). The van der Waals surface area contributed by atoms with Gasteiger partial charge in [-0.3, -0.25) is 0 Å². The summed E-state index contributed by atoms with van der Waals surface area (Å²) < 4.78 is 5.28. The molecule has 0 radical (unpaired) electrons. The van der Waals surface area contributed by atoms with E-state index in [0.717, 1.165) is 12.3 Å². The molecule has 16 heavy (non-hydrogen) atoms. The lowest BCUT2D eigenvalue weighted by Crippen LogP contribution is -2.25. The molecule has 2 heteroatoms. The van der Waals surface area contributed by atoms with Crippen LogP contribution in [0.15, 0.2) is 18.2 Å². The Morgan fingerprint density at radius 3 is 2.44 bits per heavy atom. The predicted octanol–water partition coefficient (Wildman–Crippen LogP) is 3.31. The molecular formula is C14H23NO. The van der Waals surface area contributed by atoms with Crippen molar-refractivity contribution in [2.24, 2.45) is 5.92 Å². The highest BCUT2D eigenvalue weighted by molar-refractivity contribution is 5.37. The van der Waals surface area contributed by atoms with E-state index in [2.05, 4.69) is 51.2 Å². The maximum atomic E-state index is 5.28. The number of ether oxygens (including phenoxy) is 1. The van der Waals surface area contributed by atoms with Crippen molar-refractivity contribution in [3.8, 4) is 5.75 Å². The van der Waals surface area contributed by atoms with Gasteiger partial charge in [0.25, 0.3) is 0 Å². The van der Waals surface area contributed by atoms with E-state index >= 15 is 0 Å². The summed E-state index contributed by atoms with van der Waals surface area (Å²) in [7, 11) is 1.71. The highest BCUT2D eigenvalue weighted by Crippen LogP contribution is 2.26. The first kappa shape index (κ1) is 13.0. The number of aryl methyl sites for hydroxylation is 1. The predicted molar refractivity (Wildman–Crippen MR) is 69.0 cm³/mol. The summed E-state index contributed by atoms with van der Waals surface area (Å²) >= 11 is 0. The van der Waals surface area contributed by atoms with Crippen LogP contribution in [0.2, 0.25) is 0 Å². The summed E-state index contributed by atoms with van der Waals surface area (Å²) in [5.41, 5.74) is 2.54. The van der Waals surface area contributed by atoms with Crippen molar-refractivity contribution in [2.45, 2.75) is 33.7 Å². The molecule has 1 aromatic carbocycles. The minimum absolute atomic E-state index is 0.426. The Hall–Kier alpha value is -1.02. The maximum absolute atomic E-state index is 5.28. The van der Waals surface area contributed by atoms with Gasteiger partial charge in [0.15, 0.2) is 0 Å². The van der Waals surface area contributed by atoms with E-state index in [0.29, 0.717) is 12.0 Å². The first-order chi connectivity index (χ1) is 7.60. The van der Waals surface area contributed by atoms with Crippen LogP contribution in [0, 0.1) is 12.8 Å². The third-order valence-electron chi connectivity index (χ3n) is 2.87. The molecule has 0 saturated heterocycles. The quantitative estimate of drug-likeness (QED) is 0.823. The number of benzene rings is 1. The molecule has 1 unspecified atom stereocenters. The van der Waals surface area contributed by atoms with Crippen molar-refractivity contribution in [1.29, 1.82) is 0 Å². The Balaban J connectivity index is 2.97. The molecule has 2 nitrogen and oxygen atoms in total. The third-order valence-corrected chi connectivity index (χ3v) is 2.87. The zero-order chi connectivity index (χ0) is 12.1. The fraction of sp³-hybridized carbons (Fsp3) is 0.571. The lowest BCUT2D eigenvalue weighted by Gasteiger charge is -2.23. The van der Waals surface area contributed by atoms with E-state index < -0.39 is 0 Å². The first-order valence-corrected chi connectivity index (χ1v) is 5.98. The van der Waals surface area contributed by atoms with Gasteiger partial charge in [-0.1, -0.05) is 32.9 Å². The number of nitrogens with one attached hydrogen (secondary N) is 1. The first-order valence-electron chi connectivity index (χ1n) is 5.98. The van der Waals surface area contributed by atoms with Crippen molar-refractivity contribution < 1.29 is 4.74 Å². The molecule has 0 spiro atoms. The van der Waals surface area contributed by atoms with E-state index in [1.165, 1.54) is 11.1 Å². The summed E-state index contributed by atoms with van der Waals surface area (Å²) in [5, 5.41) is 3.52. The van der Waals surface area contributed by atoms with Crippen LogP contribution in [0.4, 0.5) is 0 Å². The van der Waals surface area contributed by atoms with E-state index in [4.69, 9.17) is 4.74 Å². The van der Waals surface area contributed by atoms with Crippen LogP contribution in [-0.2, 0) is 0 Å². The molecule has 1 atom stereocenters. The fourth-order valence-electron chi connectivity index (χ4n) is 2.05. The van der Waals surface area contributed by atoms with Gasteiger partial charge < -0.3 is 10.1 Å². The van der Waals surface area contributed by atoms with Gasteiger partial charge in [-0.2, -0.15) is 0 Å². The molecule has 1 aromatic rings. The second-order valence-electron chi connectivity index (χ2n) is 4.51. The van der Waals surface area contributed by atoms with Crippen molar-refractivity contribution >= 4 is 0 Å². The van der Waals surface area contributed by atoms with Gasteiger partial charge in [-0.25, -0.2) is 0 Å². The van der Waals surface area contributed by atoms with Crippen molar-refractivity contribution in [1.82, 2.24) is 5.32 Å². The summed E-state index contributed by atoms with van der Waals surface area (Å²) in [6.07, 6.45) is 0. The largest absolute Gasteiger partial charge is 0.496 e. The lowest BCUT2D eigenvalue weighted by molar-refractivity contribution is 0.406. The molecule has 0 aliphatic rings. The molecule has 0 aliphatic carbocycles. The molecule has 0 bridgehead atoms. The average Bonchev–Trinajstić information content (AvgIpc) is 2.25. The molecule has 0 aromatic heterocycles. The van der Waals surface area contributed by atoms with Crippen molar-refractivity contribution in [2.75, 3.05) is 13.7 Å². The Morgan fingerprint density at radius 2 is 2.00 bits per heavy atom. The van der Waals surface area contributed by atoms with Crippen LogP contribution >= 0.6 is 0 Å². The second kappa shape index (κ2) is 5.90. The molecule has 90 valence electrons. The van der Waals surface area contributed by atoms with Crippen LogP contribution in [0.3, 0.4) is 0 Å². The number of hydrogen-bond donors (Lipinski definition) is 1. The van der Waals surface area contributed by atoms with Gasteiger partial charge in [0.1, 0.15) is 5.75 Å². The average molecular weight is 221 g/mol. The van der Waals surface area contributed by atoms with Gasteiger partial charge in [-0.15, -0.1) is 0 Å². The van der Waals surface area contributed by atoms with Gasteiger partial charge >= 0.3 is 0 Å². The highest BCUT2D eigenvalue weighted by Gasteiger charge is 2.15. The van der Waals surface area contributed by atoms with Crippen LogP contribution in [0.5, 0.6) is 5.75 Å². The zero-order valence-corrected chi connectivity index (χ0v) is 11.0. The molecule has 0 amide bonds. The Kier molecular flexibility index (Phi) is 4.81. The zero-order valence-electron chi connectivity index (χ0n) is 11.0. The monoisotopic (exact) mass is 221 g/mol. The topological polar surface area (TPSA) is 21.3 Å². The van der Waals surface area contributed by atoms with Crippen molar-refractivity contribution in [3.63, 3.8) is 0 Å². The lowest BCUT2D eigenvalue weighted by atomic mass is 9.94. The van der Waals surface area contributed by atoms with E-state index in [-0.39, 0.29) is 0 Å². The number of rotatable bonds is 5. The number of hydrogen-bond acceptors (Lipinski definition) is 2. The third kappa shape index (κ3) is 2.99. The molecule has 0 saturated carbocycles. The Bertz CT molecular complexity index is 334. The summed E-state index contributed by atoms with van der Waals surface area (Å²) in [4.78, 5) is 0. The summed E-state index contributed by atoms with van der Waals surface area (Å²) in [5.74, 6) is 1.55. The van der Waals surface area contributed by atoms with Crippen molar-refractivity contribution in [3.05, 3.63) is 29.3 Å². The summed E-state index contributed by atoms with van der Waals surface area (Å²) in [6.45, 7) is 9.71.